The van der Waals surface area contributed by atoms with E-state index in [4.69, 9.17) is 4.74 Å². The summed E-state index contributed by atoms with van der Waals surface area (Å²) in [6.45, 7) is 3.30. The van der Waals surface area contributed by atoms with Crippen molar-refractivity contribution < 1.29 is 14.3 Å². The zero-order chi connectivity index (χ0) is 20.3. The number of nitrogens with one attached hydrogen (secondary N) is 2. The Morgan fingerprint density at radius 2 is 1.86 bits per heavy atom. The Morgan fingerprint density at radius 1 is 1.14 bits per heavy atom. The van der Waals surface area contributed by atoms with E-state index in [-0.39, 0.29) is 12.3 Å². The molecule has 144 valence electrons. The molecule has 1 heterocycles. The smallest absolute Gasteiger partial charge is 0.338 e. The number of esters is 1. The van der Waals surface area contributed by atoms with Crippen LogP contribution in [0.3, 0.4) is 0 Å². The van der Waals surface area contributed by atoms with E-state index >= 15 is 0 Å². The van der Waals surface area contributed by atoms with Gasteiger partial charge in [0.15, 0.2) is 6.61 Å². The Kier molecular flexibility index (Phi) is 5.98. The topological polar surface area (TPSA) is 93.2 Å². The molecule has 2 aromatic carbocycles. The third kappa shape index (κ3) is 4.50. The lowest BCUT2D eigenvalue weighted by Gasteiger charge is -2.10. The van der Waals surface area contributed by atoms with Crippen molar-refractivity contribution in [2.75, 3.05) is 11.9 Å². The van der Waals surface area contributed by atoms with Crippen LogP contribution in [0, 0.1) is 17.4 Å². The molecule has 1 amide bonds. The minimum atomic E-state index is -0.612. The van der Waals surface area contributed by atoms with Crippen molar-refractivity contribution in [2.45, 2.75) is 13.8 Å². The summed E-state index contributed by atoms with van der Waals surface area (Å²) in [6, 6.07) is 12.0. The first kappa shape index (κ1) is 19.9. The van der Waals surface area contributed by atoms with Gasteiger partial charge in [-0.2, -0.15) is 0 Å². The van der Waals surface area contributed by atoms with Crippen molar-refractivity contribution in [3.63, 3.8) is 0 Å². The molecule has 0 aliphatic carbocycles. The van der Waals surface area contributed by atoms with E-state index in [9.17, 15) is 14.4 Å². The summed E-state index contributed by atoms with van der Waals surface area (Å²) in [5, 5.41) is 2.72. The van der Waals surface area contributed by atoms with E-state index in [1.54, 1.807) is 43.5 Å². The second-order valence-corrected chi connectivity index (χ2v) is 7.45. The molecule has 0 spiro atoms. The summed E-state index contributed by atoms with van der Waals surface area (Å²) in [5.74, 6) is -1.03. The van der Waals surface area contributed by atoms with E-state index in [1.807, 2.05) is 19.1 Å². The largest absolute Gasteiger partial charge is 0.452 e. The maximum Gasteiger partial charge on any atom is 0.338 e. The Morgan fingerprint density at radius 3 is 2.46 bits per heavy atom. The average Bonchev–Trinajstić information content (AvgIpc) is 3.00. The van der Waals surface area contributed by atoms with E-state index in [0.29, 0.717) is 16.9 Å². The summed E-state index contributed by atoms with van der Waals surface area (Å²) in [5.41, 5.74) is 3.03. The Hall–Kier alpha value is -2.88. The minimum absolute atomic E-state index is 0.254. The first-order valence-electron chi connectivity index (χ1n) is 8.46. The Labute approximate surface area is 174 Å². The second kappa shape index (κ2) is 8.42. The van der Waals surface area contributed by atoms with E-state index < -0.39 is 11.9 Å². The predicted octanol–water partition coefficient (Wildman–Crippen LogP) is 3.18. The fraction of sp³-hybridized carbons (Fsp3) is 0.150. The molecular formula is C20H18IN3O4. The SMILES string of the molecule is Cc1cc(I)ccc1NC(=O)COC(=O)c1ccc(-n2c(C)c[nH]c2=O)cc1. The minimum Gasteiger partial charge on any atom is -0.452 e. The van der Waals surface area contributed by atoms with E-state index in [0.717, 1.165) is 14.8 Å². The van der Waals surface area contributed by atoms with Gasteiger partial charge in [-0.15, -0.1) is 0 Å². The molecule has 0 aliphatic heterocycles. The monoisotopic (exact) mass is 491 g/mol. The number of H-pyrrole nitrogens is 1. The number of benzene rings is 2. The van der Waals surface area contributed by atoms with Crippen molar-refractivity contribution in [2.24, 2.45) is 0 Å². The predicted molar refractivity (Wildman–Crippen MR) is 114 cm³/mol. The lowest BCUT2D eigenvalue weighted by atomic mass is 10.2. The number of carbonyl (C=O) groups is 2. The van der Waals surface area contributed by atoms with Crippen LogP contribution in [0.25, 0.3) is 5.69 Å². The Balaban J connectivity index is 1.60. The van der Waals surface area contributed by atoms with Crippen LogP contribution in [-0.4, -0.2) is 28.0 Å². The molecule has 1 aromatic heterocycles. The molecule has 0 unspecified atom stereocenters. The highest BCUT2D eigenvalue weighted by Crippen LogP contribution is 2.17. The summed E-state index contributed by atoms with van der Waals surface area (Å²) in [6.07, 6.45) is 1.61. The number of hydrogen-bond donors (Lipinski definition) is 2. The highest BCUT2D eigenvalue weighted by atomic mass is 127. The van der Waals surface area contributed by atoms with Crippen LogP contribution in [0.5, 0.6) is 0 Å². The normalized spacial score (nSPS) is 10.5. The van der Waals surface area contributed by atoms with Gasteiger partial charge in [0.05, 0.1) is 11.3 Å². The molecule has 0 fully saturated rings. The third-order valence-corrected chi connectivity index (χ3v) is 4.79. The van der Waals surface area contributed by atoms with Crippen molar-refractivity contribution in [1.29, 1.82) is 0 Å². The van der Waals surface area contributed by atoms with E-state index in [2.05, 4.69) is 32.9 Å². The number of halogens is 1. The van der Waals surface area contributed by atoms with Gasteiger partial charge >= 0.3 is 11.7 Å². The molecule has 0 saturated carbocycles. The summed E-state index contributed by atoms with van der Waals surface area (Å²) in [7, 11) is 0. The molecule has 3 rings (SSSR count). The number of carbonyl (C=O) groups excluding carboxylic acids is 2. The molecule has 7 nitrogen and oxygen atoms in total. The molecular weight excluding hydrogens is 473 g/mol. The van der Waals surface area contributed by atoms with E-state index in [1.165, 1.54) is 4.57 Å². The molecule has 28 heavy (non-hydrogen) atoms. The van der Waals surface area contributed by atoms with Crippen LogP contribution >= 0.6 is 22.6 Å². The number of anilines is 1. The van der Waals surface area contributed by atoms with Crippen LogP contribution in [0.2, 0.25) is 0 Å². The summed E-state index contributed by atoms with van der Waals surface area (Å²) >= 11 is 2.19. The molecule has 2 N–H and O–H groups in total. The lowest BCUT2D eigenvalue weighted by Crippen LogP contribution is -2.21. The highest BCUT2D eigenvalue weighted by molar-refractivity contribution is 14.1. The molecule has 3 aromatic rings. The molecule has 0 bridgehead atoms. The van der Waals surface area contributed by atoms with Crippen LogP contribution < -0.4 is 11.0 Å². The first-order valence-corrected chi connectivity index (χ1v) is 9.53. The van der Waals surface area contributed by atoms with Gasteiger partial charge in [0.25, 0.3) is 5.91 Å². The first-order chi connectivity index (χ1) is 13.3. The number of ether oxygens (including phenoxy) is 1. The van der Waals surface area contributed by atoms with Gasteiger partial charge in [-0.25, -0.2) is 9.59 Å². The van der Waals surface area contributed by atoms with Gasteiger partial charge in [0.2, 0.25) is 0 Å². The zero-order valence-electron chi connectivity index (χ0n) is 15.3. The van der Waals surface area contributed by atoms with Crippen molar-refractivity contribution in [1.82, 2.24) is 9.55 Å². The number of aromatic nitrogens is 2. The standard InChI is InChI=1S/C20H18IN3O4/c1-12-9-15(21)5-8-17(12)23-18(25)11-28-19(26)14-3-6-16(7-4-14)24-13(2)10-22-20(24)27/h3-10H,11H2,1-2H3,(H,22,27)(H,23,25). The lowest BCUT2D eigenvalue weighted by molar-refractivity contribution is -0.119. The fourth-order valence-corrected chi connectivity index (χ4v) is 3.34. The van der Waals surface area contributed by atoms with Crippen LogP contribution in [0.15, 0.2) is 53.5 Å². The van der Waals surface area contributed by atoms with Crippen LogP contribution in [-0.2, 0) is 9.53 Å². The second-order valence-electron chi connectivity index (χ2n) is 6.20. The highest BCUT2D eigenvalue weighted by Gasteiger charge is 2.12. The molecule has 0 atom stereocenters. The number of nitrogens with zero attached hydrogens (tertiary/aromatic N) is 1. The van der Waals surface area contributed by atoms with Gasteiger partial charge in [0, 0.05) is 21.1 Å². The Bertz CT molecular complexity index is 1080. The van der Waals surface area contributed by atoms with Gasteiger partial charge in [0.1, 0.15) is 0 Å². The number of aromatic amines is 1. The number of hydrogen-bond acceptors (Lipinski definition) is 4. The maximum atomic E-state index is 12.2. The number of amides is 1. The van der Waals surface area contributed by atoms with Gasteiger partial charge < -0.3 is 15.0 Å². The van der Waals surface area contributed by atoms with Gasteiger partial charge in [-0.05, 0) is 84.5 Å². The van der Waals surface area contributed by atoms with Gasteiger partial charge in [-0.1, -0.05) is 0 Å². The fourth-order valence-electron chi connectivity index (χ4n) is 2.69. The zero-order valence-corrected chi connectivity index (χ0v) is 17.4. The average molecular weight is 491 g/mol. The number of aryl methyl sites for hydroxylation is 2. The van der Waals surface area contributed by atoms with Crippen LogP contribution in [0.1, 0.15) is 21.6 Å². The quantitative estimate of drug-likeness (QED) is 0.424. The molecule has 0 aliphatic rings. The van der Waals surface area contributed by atoms with Gasteiger partial charge in [-0.3, -0.25) is 9.36 Å². The maximum absolute atomic E-state index is 12.2. The summed E-state index contributed by atoms with van der Waals surface area (Å²) in [4.78, 5) is 38.6. The summed E-state index contributed by atoms with van der Waals surface area (Å²) < 4.78 is 7.64. The molecule has 0 radical (unpaired) electrons. The number of rotatable bonds is 5. The third-order valence-electron chi connectivity index (χ3n) is 4.12. The molecule has 8 heteroatoms. The van der Waals surface area contributed by atoms with Crippen molar-refractivity contribution in [3.8, 4) is 5.69 Å². The molecule has 0 saturated heterocycles. The van der Waals surface area contributed by atoms with Crippen molar-refractivity contribution >= 4 is 40.2 Å². The van der Waals surface area contributed by atoms with Crippen LogP contribution in [0.4, 0.5) is 5.69 Å². The number of imidazole rings is 1. The van der Waals surface area contributed by atoms with Crippen molar-refractivity contribution in [3.05, 3.63) is 79.5 Å².